The summed E-state index contributed by atoms with van der Waals surface area (Å²) in [5.41, 5.74) is 2.04. The quantitative estimate of drug-likeness (QED) is 0.397. The Hall–Kier alpha value is -3.49. The first-order valence-electron chi connectivity index (χ1n) is 9.72. The lowest BCUT2D eigenvalue weighted by Gasteiger charge is -2.24. The van der Waals surface area contributed by atoms with Gasteiger partial charge in [0.2, 0.25) is 5.91 Å². The number of hydrogen-bond donors (Lipinski definition) is 1. The third kappa shape index (κ3) is 4.56. The maximum Gasteiger partial charge on any atom is 0.274 e. The molecule has 3 aromatic carbocycles. The Morgan fingerprint density at radius 3 is 2.28 bits per heavy atom. The standard InChI is InChI=1S/C24H19FN2O3S2/c25-20-12-5-7-14-22(20)27(32(29,30)24-15-8-16-31-24)17-23(28)26-21-13-6-4-11-19(21)18-9-2-1-3-10-18/h1-16H,17H2,(H,26,28). The Bertz CT molecular complexity index is 1320. The first-order valence-corrected chi connectivity index (χ1v) is 12.0. The SMILES string of the molecule is O=C(CN(c1ccccc1F)S(=O)(=O)c1cccs1)Nc1ccccc1-c1ccccc1. The van der Waals surface area contributed by atoms with Crippen LogP contribution in [0.4, 0.5) is 15.8 Å². The van der Waals surface area contributed by atoms with Gasteiger partial charge in [-0.2, -0.15) is 0 Å². The van der Waals surface area contributed by atoms with E-state index in [-0.39, 0.29) is 9.90 Å². The summed E-state index contributed by atoms with van der Waals surface area (Å²) in [7, 11) is -4.13. The lowest BCUT2D eigenvalue weighted by Crippen LogP contribution is -2.38. The minimum absolute atomic E-state index is 0.0261. The lowest BCUT2D eigenvalue weighted by atomic mass is 10.0. The van der Waals surface area contributed by atoms with E-state index in [9.17, 15) is 17.6 Å². The molecule has 162 valence electrons. The molecule has 1 heterocycles. The van der Waals surface area contributed by atoms with Gasteiger partial charge in [0.15, 0.2) is 0 Å². The number of benzene rings is 3. The molecule has 0 saturated carbocycles. The van der Waals surface area contributed by atoms with Gasteiger partial charge < -0.3 is 5.32 Å². The Morgan fingerprint density at radius 2 is 1.56 bits per heavy atom. The van der Waals surface area contributed by atoms with Gasteiger partial charge in [0, 0.05) is 11.3 Å². The summed E-state index contributed by atoms with van der Waals surface area (Å²) in [5.74, 6) is -1.32. The minimum atomic E-state index is -4.13. The third-order valence-corrected chi connectivity index (χ3v) is 7.87. The Kier molecular flexibility index (Phi) is 6.34. The molecule has 0 spiro atoms. The van der Waals surface area contributed by atoms with Gasteiger partial charge in [-0.15, -0.1) is 11.3 Å². The number of halogens is 1. The summed E-state index contributed by atoms with van der Waals surface area (Å²) >= 11 is 1.01. The average molecular weight is 467 g/mol. The van der Waals surface area contributed by atoms with E-state index in [0.717, 1.165) is 32.8 Å². The van der Waals surface area contributed by atoms with Gasteiger partial charge in [0.1, 0.15) is 16.6 Å². The molecule has 5 nitrogen and oxygen atoms in total. The van der Waals surface area contributed by atoms with E-state index in [0.29, 0.717) is 5.69 Å². The molecule has 0 aliphatic heterocycles. The predicted molar refractivity (Wildman–Crippen MR) is 126 cm³/mol. The van der Waals surface area contributed by atoms with E-state index in [2.05, 4.69) is 5.32 Å². The van der Waals surface area contributed by atoms with Crippen molar-refractivity contribution in [3.05, 3.63) is 102 Å². The second kappa shape index (κ2) is 9.33. The zero-order valence-electron chi connectivity index (χ0n) is 16.8. The summed E-state index contributed by atoms with van der Waals surface area (Å²) in [6.07, 6.45) is 0. The molecule has 1 amide bonds. The molecule has 0 unspecified atom stereocenters. The molecule has 32 heavy (non-hydrogen) atoms. The molecule has 0 radical (unpaired) electrons. The van der Waals surface area contributed by atoms with Crippen LogP contribution in [0.25, 0.3) is 11.1 Å². The number of sulfonamides is 1. The van der Waals surface area contributed by atoms with Gasteiger partial charge >= 0.3 is 0 Å². The number of hydrogen-bond acceptors (Lipinski definition) is 4. The van der Waals surface area contributed by atoms with E-state index in [1.54, 1.807) is 23.6 Å². The molecule has 0 bridgehead atoms. The predicted octanol–water partition coefficient (Wildman–Crippen LogP) is 5.39. The van der Waals surface area contributed by atoms with Crippen molar-refractivity contribution in [2.24, 2.45) is 0 Å². The second-order valence-corrected chi connectivity index (χ2v) is 9.89. The van der Waals surface area contributed by atoms with Gasteiger partial charge in [-0.1, -0.05) is 66.7 Å². The number of nitrogens with zero attached hydrogens (tertiary/aromatic N) is 1. The van der Waals surface area contributed by atoms with Crippen LogP contribution in [-0.2, 0) is 14.8 Å². The van der Waals surface area contributed by atoms with Crippen molar-refractivity contribution in [2.45, 2.75) is 4.21 Å². The number of para-hydroxylation sites is 2. The topological polar surface area (TPSA) is 66.5 Å². The lowest BCUT2D eigenvalue weighted by molar-refractivity contribution is -0.114. The van der Waals surface area contributed by atoms with Crippen LogP contribution in [0.3, 0.4) is 0 Å². The van der Waals surface area contributed by atoms with Crippen LogP contribution in [-0.4, -0.2) is 20.9 Å². The van der Waals surface area contributed by atoms with Crippen LogP contribution in [0.2, 0.25) is 0 Å². The summed E-state index contributed by atoms with van der Waals surface area (Å²) in [6, 6.07) is 25.2. The number of carbonyl (C=O) groups excluding carboxylic acids is 1. The number of amides is 1. The maximum absolute atomic E-state index is 14.5. The van der Waals surface area contributed by atoms with E-state index in [1.807, 2.05) is 42.5 Å². The monoisotopic (exact) mass is 466 g/mol. The normalized spacial score (nSPS) is 11.2. The zero-order chi connectivity index (χ0) is 22.6. The Labute approximate surface area is 189 Å². The number of carbonyl (C=O) groups is 1. The van der Waals surface area contributed by atoms with Crippen molar-refractivity contribution in [3.63, 3.8) is 0 Å². The Morgan fingerprint density at radius 1 is 0.875 bits per heavy atom. The molecule has 0 aliphatic carbocycles. The van der Waals surface area contributed by atoms with Crippen molar-refractivity contribution < 1.29 is 17.6 Å². The van der Waals surface area contributed by atoms with Crippen LogP contribution in [0, 0.1) is 5.82 Å². The summed E-state index contributed by atoms with van der Waals surface area (Å²) in [4.78, 5) is 13.0. The smallest absolute Gasteiger partial charge is 0.274 e. The number of thiophene rings is 1. The fourth-order valence-electron chi connectivity index (χ4n) is 3.25. The molecule has 8 heteroatoms. The highest BCUT2D eigenvalue weighted by Crippen LogP contribution is 2.30. The van der Waals surface area contributed by atoms with Crippen molar-refractivity contribution >= 4 is 38.6 Å². The van der Waals surface area contributed by atoms with Gasteiger partial charge in [0.05, 0.1) is 5.69 Å². The highest BCUT2D eigenvalue weighted by Gasteiger charge is 2.30. The van der Waals surface area contributed by atoms with Crippen LogP contribution in [0.15, 0.2) is 101 Å². The number of anilines is 2. The van der Waals surface area contributed by atoms with Crippen molar-refractivity contribution in [1.82, 2.24) is 0 Å². The molecule has 4 aromatic rings. The highest BCUT2D eigenvalue weighted by molar-refractivity contribution is 7.94. The van der Waals surface area contributed by atoms with Gasteiger partial charge in [0.25, 0.3) is 10.0 Å². The molecule has 1 aromatic heterocycles. The van der Waals surface area contributed by atoms with Crippen molar-refractivity contribution in [2.75, 3.05) is 16.2 Å². The molecule has 4 rings (SSSR count). The van der Waals surface area contributed by atoms with Crippen molar-refractivity contribution in [1.29, 1.82) is 0 Å². The molecule has 0 atom stereocenters. The molecule has 0 fully saturated rings. The first-order chi connectivity index (χ1) is 15.5. The van der Waals surface area contributed by atoms with Crippen LogP contribution in [0.1, 0.15) is 0 Å². The van der Waals surface area contributed by atoms with Crippen LogP contribution < -0.4 is 9.62 Å². The van der Waals surface area contributed by atoms with E-state index in [4.69, 9.17) is 0 Å². The van der Waals surface area contributed by atoms with E-state index in [1.165, 1.54) is 24.3 Å². The number of rotatable bonds is 7. The second-order valence-electron chi connectivity index (χ2n) is 6.85. The van der Waals surface area contributed by atoms with E-state index >= 15 is 0 Å². The van der Waals surface area contributed by atoms with E-state index < -0.39 is 28.3 Å². The zero-order valence-corrected chi connectivity index (χ0v) is 18.4. The molecule has 0 saturated heterocycles. The van der Waals surface area contributed by atoms with Crippen LogP contribution >= 0.6 is 11.3 Å². The highest BCUT2D eigenvalue weighted by atomic mass is 32.2. The molecular weight excluding hydrogens is 447 g/mol. The fourth-order valence-corrected chi connectivity index (χ4v) is 5.79. The Balaban J connectivity index is 1.66. The first kappa shape index (κ1) is 21.7. The summed E-state index contributed by atoms with van der Waals surface area (Å²) in [6.45, 7) is -0.579. The molecular formula is C24H19FN2O3S2. The van der Waals surface area contributed by atoms with Gasteiger partial charge in [-0.3, -0.25) is 9.10 Å². The van der Waals surface area contributed by atoms with Gasteiger partial charge in [-0.05, 0) is 35.2 Å². The molecule has 0 aliphatic rings. The van der Waals surface area contributed by atoms with Crippen molar-refractivity contribution in [3.8, 4) is 11.1 Å². The molecule has 1 N–H and O–H groups in total. The minimum Gasteiger partial charge on any atom is -0.324 e. The van der Waals surface area contributed by atoms with Crippen LogP contribution in [0.5, 0.6) is 0 Å². The summed E-state index contributed by atoms with van der Waals surface area (Å²) < 4.78 is 41.8. The third-order valence-electron chi connectivity index (χ3n) is 4.73. The maximum atomic E-state index is 14.5. The van der Waals surface area contributed by atoms with Gasteiger partial charge in [-0.25, -0.2) is 12.8 Å². The average Bonchev–Trinajstić information content (AvgIpc) is 3.35. The number of nitrogens with one attached hydrogen (secondary N) is 1. The largest absolute Gasteiger partial charge is 0.324 e. The summed E-state index contributed by atoms with van der Waals surface area (Å²) in [5, 5.41) is 4.40. The fraction of sp³-hybridized carbons (Fsp3) is 0.0417.